The number of carbonyl (C=O) groups is 1. The molecule has 0 spiro atoms. The van der Waals surface area contributed by atoms with Crippen molar-refractivity contribution in [1.29, 1.82) is 0 Å². The zero-order chi connectivity index (χ0) is 17.9. The van der Waals surface area contributed by atoms with Gasteiger partial charge in [-0.3, -0.25) is 4.68 Å². The molecule has 132 valence electrons. The first-order chi connectivity index (χ1) is 12.7. The van der Waals surface area contributed by atoms with Gasteiger partial charge in [-0.05, 0) is 34.9 Å². The Hall–Kier alpha value is -3.12. The Balaban J connectivity index is 1.38. The fourth-order valence-electron chi connectivity index (χ4n) is 3.33. The molecule has 3 N–H and O–H groups in total. The van der Waals surface area contributed by atoms with Crippen molar-refractivity contribution in [1.82, 2.24) is 15.1 Å². The summed E-state index contributed by atoms with van der Waals surface area (Å²) in [7, 11) is 0. The number of anilines is 1. The minimum Gasteiger partial charge on any atom is -0.390 e. The molecule has 0 bridgehead atoms. The number of fused-ring (bicyclic) bond motifs is 1. The van der Waals surface area contributed by atoms with E-state index in [0.717, 1.165) is 16.7 Å². The average molecular weight is 348 g/mol. The van der Waals surface area contributed by atoms with E-state index in [4.69, 9.17) is 0 Å². The van der Waals surface area contributed by atoms with Gasteiger partial charge < -0.3 is 15.7 Å². The van der Waals surface area contributed by atoms with Crippen molar-refractivity contribution in [3.8, 4) is 0 Å². The Kier molecular flexibility index (Phi) is 4.41. The Morgan fingerprint density at radius 1 is 1.15 bits per heavy atom. The van der Waals surface area contributed by atoms with Crippen LogP contribution in [-0.4, -0.2) is 27.0 Å². The first-order valence-corrected chi connectivity index (χ1v) is 8.59. The minimum atomic E-state index is -0.602. The highest BCUT2D eigenvalue weighted by Crippen LogP contribution is 2.31. The lowest BCUT2D eigenvalue weighted by Crippen LogP contribution is -2.36. The van der Waals surface area contributed by atoms with E-state index >= 15 is 0 Å². The number of aliphatic hydroxyl groups is 1. The van der Waals surface area contributed by atoms with Crippen molar-refractivity contribution >= 4 is 11.7 Å². The molecule has 6 nitrogen and oxygen atoms in total. The lowest BCUT2D eigenvalue weighted by molar-refractivity contribution is 0.144. The number of benzene rings is 2. The van der Waals surface area contributed by atoms with E-state index in [9.17, 15) is 9.90 Å². The Bertz CT molecular complexity index is 890. The number of rotatable bonds is 4. The predicted octanol–water partition coefficient (Wildman–Crippen LogP) is 2.71. The van der Waals surface area contributed by atoms with Gasteiger partial charge >= 0.3 is 6.03 Å². The number of aromatic nitrogens is 2. The summed E-state index contributed by atoms with van der Waals surface area (Å²) >= 11 is 0. The van der Waals surface area contributed by atoms with E-state index in [1.54, 1.807) is 6.20 Å². The molecule has 1 aromatic heterocycles. The Morgan fingerprint density at radius 3 is 2.73 bits per heavy atom. The third kappa shape index (κ3) is 3.45. The smallest absolute Gasteiger partial charge is 0.319 e. The molecule has 0 aliphatic heterocycles. The molecular weight excluding hydrogens is 328 g/mol. The van der Waals surface area contributed by atoms with Crippen molar-refractivity contribution < 1.29 is 9.90 Å². The molecule has 4 rings (SSSR count). The molecule has 1 aliphatic rings. The first-order valence-electron chi connectivity index (χ1n) is 8.59. The lowest BCUT2D eigenvalue weighted by atomic mass is 10.1. The number of urea groups is 1. The molecule has 26 heavy (non-hydrogen) atoms. The third-order valence-corrected chi connectivity index (χ3v) is 4.61. The molecule has 0 radical (unpaired) electrons. The number of hydrogen-bond donors (Lipinski definition) is 3. The second kappa shape index (κ2) is 7.01. The molecule has 1 heterocycles. The first kappa shape index (κ1) is 16.4. The number of carbonyl (C=O) groups excluding carboxylic acids is 1. The maximum atomic E-state index is 12.3. The van der Waals surface area contributed by atoms with Crippen LogP contribution in [0.25, 0.3) is 0 Å². The molecule has 2 amide bonds. The highest BCUT2D eigenvalue weighted by molar-refractivity contribution is 5.89. The minimum absolute atomic E-state index is 0.328. The molecule has 6 heteroatoms. The van der Waals surface area contributed by atoms with E-state index in [1.165, 1.54) is 0 Å². The maximum absolute atomic E-state index is 12.3. The maximum Gasteiger partial charge on any atom is 0.319 e. The van der Waals surface area contributed by atoms with Gasteiger partial charge in [-0.1, -0.05) is 36.4 Å². The second-order valence-corrected chi connectivity index (χ2v) is 6.45. The average Bonchev–Trinajstić information content (AvgIpc) is 3.25. The van der Waals surface area contributed by atoms with Crippen LogP contribution in [0, 0.1) is 0 Å². The number of amides is 2. The van der Waals surface area contributed by atoms with Gasteiger partial charge in [0, 0.05) is 24.5 Å². The van der Waals surface area contributed by atoms with Crippen LogP contribution in [0.5, 0.6) is 0 Å². The van der Waals surface area contributed by atoms with Crippen LogP contribution in [-0.2, 0) is 13.0 Å². The van der Waals surface area contributed by atoms with Crippen LogP contribution in [0.4, 0.5) is 10.5 Å². The zero-order valence-corrected chi connectivity index (χ0v) is 14.2. The van der Waals surface area contributed by atoms with E-state index in [-0.39, 0.29) is 12.1 Å². The molecule has 0 fully saturated rings. The molecular formula is C20H20N4O2. The van der Waals surface area contributed by atoms with Crippen molar-refractivity contribution in [3.05, 3.63) is 83.7 Å². The van der Waals surface area contributed by atoms with E-state index < -0.39 is 6.10 Å². The van der Waals surface area contributed by atoms with Crippen LogP contribution in [0.15, 0.2) is 67.0 Å². The predicted molar refractivity (Wildman–Crippen MR) is 98.8 cm³/mol. The second-order valence-electron chi connectivity index (χ2n) is 6.45. The van der Waals surface area contributed by atoms with Gasteiger partial charge in [0.05, 0.1) is 18.7 Å². The topological polar surface area (TPSA) is 79.2 Å². The van der Waals surface area contributed by atoms with Crippen LogP contribution in [0.2, 0.25) is 0 Å². The van der Waals surface area contributed by atoms with Gasteiger partial charge in [0.2, 0.25) is 0 Å². The van der Waals surface area contributed by atoms with Gasteiger partial charge in [-0.2, -0.15) is 5.10 Å². The van der Waals surface area contributed by atoms with Crippen molar-refractivity contribution in [2.24, 2.45) is 0 Å². The SMILES string of the molecule is O=C(Nc1ccc(Cn2cccn2)cc1)N[C@H]1c2ccccc2C[C@H]1O. The van der Waals surface area contributed by atoms with Crippen molar-refractivity contribution in [3.63, 3.8) is 0 Å². The third-order valence-electron chi connectivity index (χ3n) is 4.61. The fourth-order valence-corrected chi connectivity index (χ4v) is 3.33. The molecule has 2 atom stereocenters. The summed E-state index contributed by atoms with van der Waals surface area (Å²) in [6.07, 6.45) is 3.61. The van der Waals surface area contributed by atoms with Crippen LogP contribution >= 0.6 is 0 Å². The van der Waals surface area contributed by atoms with Crippen LogP contribution in [0.3, 0.4) is 0 Å². The highest BCUT2D eigenvalue weighted by Gasteiger charge is 2.31. The number of hydrogen-bond acceptors (Lipinski definition) is 3. The van der Waals surface area contributed by atoms with E-state index in [0.29, 0.717) is 18.7 Å². The molecule has 0 unspecified atom stereocenters. The molecule has 3 aromatic rings. The number of nitrogens with one attached hydrogen (secondary N) is 2. The summed E-state index contributed by atoms with van der Waals surface area (Å²) in [4.78, 5) is 12.3. The molecule has 1 aliphatic carbocycles. The number of nitrogens with zero attached hydrogens (tertiary/aromatic N) is 2. The van der Waals surface area contributed by atoms with E-state index in [1.807, 2.05) is 65.5 Å². The molecule has 0 saturated carbocycles. The summed E-state index contributed by atoms with van der Waals surface area (Å²) < 4.78 is 1.84. The van der Waals surface area contributed by atoms with Gasteiger partial charge in [0.25, 0.3) is 0 Å². The van der Waals surface area contributed by atoms with Crippen molar-refractivity contribution in [2.75, 3.05) is 5.32 Å². The van der Waals surface area contributed by atoms with Gasteiger partial charge in [0.15, 0.2) is 0 Å². The van der Waals surface area contributed by atoms with Crippen LogP contribution < -0.4 is 10.6 Å². The lowest BCUT2D eigenvalue weighted by Gasteiger charge is -2.18. The number of aliphatic hydroxyl groups excluding tert-OH is 1. The summed E-state index contributed by atoms with van der Waals surface area (Å²) in [5, 5.41) is 20.1. The van der Waals surface area contributed by atoms with Gasteiger partial charge in [0.1, 0.15) is 0 Å². The largest absolute Gasteiger partial charge is 0.390 e. The Morgan fingerprint density at radius 2 is 1.96 bits per heavy atom. The molecule has 2 aromatic carbocycles. The summed E-state index contributed by atoms with van der Waals surface area (Å²) in [6.45, 7) is 0.685. The summed E-state index contributed by atoms with van der Waals surface area (Å²) in [5.74, 6) is 0. The Labute approximate surface area is 151 Å². The highest BCUT2D eigenvalue weighted by atomic mass is 16.3. The van der Waals surface area contributed by atoms with E-state index in [2.05, 4.69) is 15.7 Å². The van der Waals surface area contributed by atoms with Gasteiger partial charge in [-0.25, -0.2) is 4.79 Å². The monoisotopic (exact) mass is 348 g/mol. The summed E-state index contributed by atoms with van der Waals surface area (Å²) in [6, 6.07) is 16.6. The van der Waals surface area contributed by atoms with Crippen molar-refractivity contribution in [2.45, 2.75) is 25.1 Å². The normalized spacial score (nSPS) is 18.3. The summed E-state index contributed by atoms with van der Waals surface area (Å²) in [5.41, 5.74) is 3.85. The molecule has 0 saturated heterocycles. The van der Waals surface area contributed by atoms with Gasteiger partial charge in [-0.15, -0.1) is 0 Å². The van der Waals surface area contributed by atoms with Crippen LogP contribution in [0.1, 0.15) is 22.7 Å². The zero-order valence-electron chi connectivity index (χ0n) is 14.2. The fraction of sp³-hybridized carbons (Fsp3) is 0.200. The standard InChI is InChI=1S/C20H20N4O2/c25-18-12-15-4-1-2-5-17(15)19(18)23-20(26)22-16-8-6-14(7-9-16)13-24-11-3-10-21-24/h1-11,18-19,25H,12-13H2,(H2,22,23,26)/t18-,19+/m1/s1. The quantitative estimate of drug-likeness (QED) is 0.678.